The van der Waals surface area contributed by atoms with Crippen LogP contribution in [0.3, 0.4) is 0 Å². The SMILES string of the molecule is CCOC(=O)c1ccc(C)c(NC(=O)C2CC2)c1. The lowest BCUT2D eigenvalue weighted by atomic mass is 10.1. The minimum atomic E-state index is -0.362. The molecule has 18 heavy (non-hydrogen) atoms. The Morgan fingerprint density at radius 3 is 2.72 bits per heavy atom. The Morgan fingerprint density at radius 2 is 2.11 bits per heavy atom. The summed E-state index contributed by atoms with van der Waals surface area (Å²) in [7, 11) is 0. The highest BCUT2D eigenvalue weighted by molar-refractivity contribution is 5.97. The van der Waals surface area contributed by atoms with E-state index in [9.17, 15) is 9.59 Å². The normalized spacial score (nSPS) is 14.1. The number of hydrogen-bond donors (Lipinski definition) is 1. The first-order valence-electron chi connectivity index (χ1n) is 6.20. The van der Waals surface area contributed by atoms with Crippen LogP contribution in [0.4, 0.5) is 5.69 Å². The van der Waals surface area contributed by atoms with E-state index in [0.29, 0.717) is 17.9 Å². The van der Waals surface area contributed by atoms with Gasteiger partial charge >= 0.3 is 5.97 Å². The zero-order valence-electron chi connectivity index (χ0n) is 10.7. The van der Waals surface area contributed by atoms with Crippen LogP contribution >= 0.6 is 0 Å². The molecule has 1 amide bonds. The number of carbonyl (C=O) groups excluding carboxylic acids is 2. The number of aryl methyl sites for hydroxylation is 1. The monoisotopic (exact) mass is 247 g/mol. The van der Waals surface area contributed by atoms with Crippen molar-refractivity contribution in [3.8, 4) is 0 Å². The maximum atomic E-state index is 11.7. The Bertz CT molecular complexity index is 478. The Hall–Kier alpha value is -1.84. The second-order valence-corrected chi connectivity index (χ2v) is 4.51. The second-order valence-electron chi connectivity index (χ2n) is 4.51. The molecular weight excluding hydrogens is 230 g/mol. The zero-order chi connectivity index (χ0) is 13.1. The van der Waals surface area contributed by atoms with Crippen molar-refractivity contribution in [2.24, 2.45) is 5.92 Å². The molecule has 0 spiro atoms. The van der Waals surface area contributed by atoms with E-state index in [1.54, 1.807) is 19.1 Å². The standard InChI is InChI=1S/C14H17NO3/c1-3-18-14(17)11-5-4-9(2)12(8-11)15-13(16)10-6-7-10/h4-5,8,10H,3,6-7H2,1-2H3,(H,15,16). The van der Waals surface area contributed by atoms with Crippen molar-refractivity contribution in [1.82, 2.24) is 0 Å². The number of anilines is 1. The van der Waals surface area contributed by atoms with Crippen molar-refractivity contribution in [1.29, 1.82) is 0 Å². The summed E-state index contributed by atoms with van der Waals surface area (Å²) in [4.78, 5) is 23.3. The fourth-order valence-electron chi connectivity index (χ4n) is 1.68. The van der Waals surface area contributed by atoms with E-state index < -0.39 is 0 Å². The molecule has 4 nitrogen and oxygen atoms in total. The number of hydrogen-bond acceptors (Lipinski definition) is 3. The van der Waals surface area contributed by atoms with Crippen LogP contribution in [0.2, 0.25) is 0 Å². The third-order valence-corrected chi connectivity index (χ3v) is 2.95. The predicted octanol–water partition coefficient (Wildman–Crippen LogP) is 2.52. The van der Waals surface area contributed by atoms with E-state index in [1.165, 1.54) is 0 Å². The topological polar surface area (TPSA) is 55.4 Å². The first-order valence-corrected chi connectivity index (χ1v) is 6.20. The van der Waals surface area contributed by atoms with Gasteiger partial charge in [-0.2, -0.15) is 0 Å². The molecule has 0 heterocycles. The largest absolute Gasteiger partial charge is 0.462 e. The number of rotatable bonds is 4. The van der Waals surface area contributed by atoms with Crippen LogP contribution in [0.1, 0.15) is 35.7 Å². The average Bonchev–Trinajstić information content (AvgIpc) is 3.16. The lowest BCUT2D eigenvalue weighted by Gasteiger charge is -2.10. The number of amides is 1. The van der Waals surface area contributed by atoms with Gasteiger partial charge in [-0.25, -0.2) is 4.79 Å². The van der Waals surface area contributed by atoms with Crippen LogP contribution in [0.25, 0.3) is 0 Å². The summed E-state index contributed by atoms with van der Waals surface area (Å²) in [5, 5.41) is 2.86. The molecule has 4 heteroatoms. The van der Waals surface area contributed by atoms with Gasteiger partial charge in [-0.3, -0.25) is 4.79 Å². The highest BCUT2D eigenvalue weighted by Gasteiger charge is 2.29. The van der Waals surface area contributed by atoms with Crippen molar-refractivity contribution in [3.63, 3.8) is 0 Å². The van der Waals surface area contributed by atoms with Gasteiger partial charge in [-0.05, 0) is 44.4 Å². The van der Waals surface area contributed by atoms with Gasteiger partial charge in [0.1, 0.15) is 0 Å². The summed E-state index contributed by atoms with van der Waals surface area (Å²) in [5.41, 5.74) is 2.10. The number of benzene rings is 1. The van der Waals surface area contributed by atoms with E-state index >= 15 is 0 Å². The fourth-order valence-corrected chi connectivity index (χ4v) is 1.68. The first-order chi connectivity index (χ1) is 8.61. The minimum absolute atomic E-state index is 0.0408. The lowest BCUT2D eigenvalue weighted by molar-refractivity contribution is -0.117. The molecule has 1 N–H and O–H groups in total. The molecule has 1 aromatic rings. The lowest BCUT2D eigenvalue weighted by Crippen LogP contribution is -2.15. The molecule has 0 atom stereocenters. The van der Waals surface area contributed by atoms with Gasteiger partial charge < -0.3 is 10.1 Å². The smallest absolute Gasteiger partial charge is 0.338 e. The summed E-state index contributed by atoms with van der Waals surface area (Å²) in [5.74, 6) is -0.172. The average molecular weight is 247 g/mol. The minimum Gasteiger partial charge on any atom is -0.462 e. The van der Waals surface area contributed by atoms with Gasteiger partial charge in [-0.15, -0.1) is 0 Å². The van der Waals surface area contributed by atoms with Gasteiger partial charge in [0.15, 0.2) is 0 Å². The molecule has 1 aliphatic carbocycles. The highest BCUT2D eigenvalue weighted by atomic mass is 16.5. The van der Waals surface area contributed by atoms with Crippen LogP contribution in [0.5, 0.6) is 0 Å². The van der Waals surface area contributed by atoms with Crippen molar-refractivity contribution < 1.29 is 14.3 Å². The Labute approximate surface area is 106 Å². The summed E-state index contributed by atoms with van der Waals surface area (Å²) in [6.45, 7) is 4.01. The Morgan fingerprint density at radius 1 is 1.39 bits per heavy atom. The molecule has 96 valence electrons. The van der Waals surface area contributed by atoms with Crippen molar-refractivity contribution in [3.05, 3.63) is 29.3 Å². The zero-order valence-corrected chi connectivity index (χ0v) is 10.7. The fraction of sp³-hybridized carbons (Fsp3) is 0.429. The number of carbonyl (C=O) groups is 2. The Balaban J connectivity index is 2.15. The molecule has 0 aromatic heterocycles. The van der Waals surface area contributed by atoms with Crippen molar-refractivity contribution >= 4 is 17.6 Å². The molecule has 0 aliphatic heterocycles. The number of esters is 1. The van der Waals surface area contributed by atoms with Crippen LogP contribution in [-0.2, 0) is 9.53 Å². The van der Waals surface area contributed by atoms with E-state index in [2.05, 4.69) is 5.32 Å². The number of nitrogens with one attached hydrogen (secondary N) is 1. The molecule has 0 bridgehead atoms. The van der Waals surface area contributed by atoms with Crippen LogP contribution in [0.15, 0.2) is 18.2 Å². The van der Waals surface area contributed by atoms with E-state index in [0.717, 1.165) is 18.4 Å². The van der Waals surface area contributed by atoms with E-state index in [-0.39, 0.29) is 17.8 Å². The molecule has 0 unspecified atom stereocenters. The van der Waals surface area contributed by atoms with E-state index in [4.69, 9.17) is 4.74 Å². The first kappa shape index (κ1) is 12.6. The maximum absolute atomic E-state index is 11.7. The second kappa shape index (κ2) is 5.21. The highest BCUT2D eigenvalue weighted by Crippen LogP contribution is 2.30. The van der Waals surface area contributed by atoms with Crippen molar-refractivity contribution in [2.45, 2.75) is 26.7 Å². The molecular formula is C14H17NO3. The van der Waals surface area contributed by atoms with Crippen LogP contribution < -0.4 is 5.32 Å². The van der Waals surface area contributed by atoms with Gasteiger partial charge in [0.05, 0.1) is 12.2 Å². The van der Waals surface area contributed by atoms with E-state index in [1.807, 2.05) is 13.0 Å². The van der Waals surface area contributed by atoms with Gasteiger partial charge in [0.25, 0.3) is 0 Å². The molecule has 1 fully saturated rings. The van der Waals surface area contributed by atoms with Gasteiger partial charge in [-0.1, -0.05) is 6.07 Å². The van der Waals surface area contributed by atoms with Gasteiger partial charge in [0.2, 0.25) is 5.91 Å². The van der Waals surface area contributed by atoms with Crippen LogP contribution in [0, 0.1) is 12.8 Å². The number of ether oxygens (including phenoxy) is 1. The van der Waals surface area contributed by atoms with Crippen LogP contribution in [-0.4, -0.2) is 18.5 Å². The quantitative estimate of drug-likeness (QED) is 0.832. The predicted molar refractivity (Wildman–Crippen MR) is 68.5 cm³/mol. The van der Waals surface area contributed by atoms with Gasteiger partial charge in [0, 0.05) is 11.6 Å². The summed E-state index contributed by atoms with van der Waals surface area (Å²) in [6.07, 6.45) is 1.92. The van der Waals surface area contributed by atoms with Crippen molar-refractivity contribution in [2.75, 3.05) is 11.9 Å². The summed E-state index contributed by atoms with van der Waals surface area (Å²) < 4.78 is 4.94. The molecule has 1 aromatic carbocycles. The maximum Gasteiger partial charge on any atom is 0.338 e. The molecule has 0 saturated heterocycles. The Kier molecular flexibility index (Phi) is 3.65. The summed E-state index contributed by atoms with van der Waals surface area (Å²) >= 11 is 0. The molecule has 1 aliphatic rings. The third kappa shape index (κ3) is 2.88. The molecule has 0 radical (unpaired) electrons. The molecule has 1 saturated carbocycles. The summed E-state index contributed by atoms with van der Waals surface area (Å²) in [6, 6.07) is 5.20. The third-order valence-electron chi connectivity index (χ3n) is 2.95. The molecule has 2 rings (SSSR count).